The Balaban J connectivity index is 1.14. The van der Waals surface area contributed by atoms with Crippen molar-refractivity contribution < 1.29 is 23.7 Å². The number of nitrogens with two attached hydrogens (primary N) is 1. The molecule has 1 aliphatic carbocycles. The first-order valence-corrected chi connectivity index (χ1v) is 14.4. The maximum absolute atomic E-state index is 12.1. The molecule has 0 unspecified atom stereocenters. The minimum atomic E-state index is -0.642. The minimum Gasteiger partial charge on any atom is -0.457 e. The summed E-state index contributed by atoms with van der Waals surface area (Å²) in [7, 11) is 0. The number of hydrogen-bond acceptors (Lipinski definition) is 8. The van der Waals surface area contributed by atoms with Crippen LogP contribution in [0.3, 0.4) is 0 Å². The first-order valence-electron chi connectivity index (χ1n) is 14.4. The Hall–Kier alpha value is -4.15. The van der Waals surface area contributed by atoms with Crippen LogP contribution >= 0.6 is 0 Å². The summed E-state index contributed by atoms with van der Waals surface area (Å²) in [5.41, 5.74) is 8.64. The van der Waals surface area contributed by atoms with Gasteiger partial charge in [-0.05, 0) is 63.4 Å². The van der Waals surface area contributed by atoms with Crippen LogP contribution in [-0.4, -0.2) is 51.3 Å². The normalized spacial score (nSPS) is 22.6. The first kappa shape index (κ1) is 28.0. The molecular formula is C32H37N5O5. The van der Waals surface area contributed by atoms with Crippen LogP contribution in [0.5, 0.6) is 11.5 Å². The molecule has 1 spiro atoms. The van der Waals surface area contributed by atoms with Gasteiger partial charge in [0.25, 0.3) is 0 Å². The van der Waals surface area contributed by atoms with Crippen molar-refractivity contribution in [1.29, 1.82) is 0 Å². The summed E-state index contributed by atoms with van der Waals surface area (Å²) in [5.74, 6) is 1.35. The number of para-hydroxylation sites is 1. The zero-order chi connectivity index (χ0) is 29.3. The number of hydrogen-bond donors (Lipinski definition) is 2. The van der Waals surface area contributed by atoms with Gasteiger partial charge in [0, 0.05) is 30.6 Å². The number of anilines is 1. The van der Waals surface area contributed by atoms with Gasteiger partial charge in [0.1, 0.15) is 34.9 Å². The number of rotatable bonds is 5. The number of ether oxygens (including phenoxy) is 4. The summed E-state index contributed by atoms with van der Waals surface area (Å²) in [5, 5.41) is 3.69. The molecule has 2 aromatic carbocycles. The molecule has 3 heterocycles. The number of nitrogen functional groups attached to an aromatic ring is 1. The van der Waals surface area contributed by atoms with Crippen molar-refractivity contribution in [2.45, 2.75) is 69.9 Å². The molecule has 10 nitrogen and oxygen atoms in total. The Morgan fingerprint density at radius 1 is 1.00 bits per heavy atom. The van der Waals surface area contributed by atoms with Crippen molar-refractivity contribution >= 4 is 22.9 Å². The van der Waals surface area contributed by atoms with Gasteiger partial charge < -0.3 is 34.6 Å². The van der Waals surface area contributed by atoms with Crippen LogP contribution in [0.4, 0.5) is 10.6 Å². The number of nitrogens with zero attached hydrogens (tertiary/aromatic N) is 3. The highest BCUT2D eigenvalue weighted by atomic mass is 16.7. The number of fused-ring (bicyclic) bond motifs is 1. The van der Waals surface area contributed by atoms with Gasteiger partial charge in [0.15, 0.2) is 5.79 Å². The number of amides is 1. The van der Waals surface area contributed by atoms with E-state index in [4.69, 9.17) is 24.7 Å². The zero-order valence-corrected chi connectivity index (χ0v) is 24.2. The molecule has 10 heteroatoms. The molecule has 6 rings (SSSR count). The van der Waals surface area contributed by atoms with E-state index in [9.17, 15) is 4.79 Å². The van der Waals surface area contributed by atoms with Crippen molar-refractivity contribution in [2.24, 2.45) is 0 Å². The third-order valence-electron chi connectivity index (χ3n) is 7.71. The fourth-order valence-corrected chi connectivity index (χ4v) is 5.69. The van der Waals surface area contributed by atoms with E-state index in [-0.39, 0.29) is 12.1 Å². The lowest BCUT2D eigenvalue weighted by atomic mass is 9.89. The van der Waals surface area contributed by atoms with Crippen molar-refractivity contribution in [3.63, 3.8) is 0 Å². The molecule has 1 amide bonds. The second-order valence-electron chi connectivity index (χ2n) is 12.0. The van der Waals surface area contributed by atoms with E-state index in [0.29, 0.717) is 19.0 Å². The van der Waals surface area contributed by atoms with Gasteiger partial charge in [0.05, 0.1) is 24.6 Å². The van der Waals surface area contributed by atoms with E-state index in [1.165, 1.54) is 6.33 Å². The lowest BCUT2D eigenvalue weighted by Gasteiger charge is -2.44. The molecular weight excluding hydrogens is 534 g/mol. The van der Waals surface area contributed by atoms with Gasteiger partial charge in [-0.15, -0.1) is 0 Å². The smallest absolute Gasteiger partial charge is 0.408 e. The van der Waals surface area contributed by atoms with Crippen LogP contribution in [0.1, 0.15) is 52.5 Å². The highest BCUT2D eigenvalue weighted by Gasteiger charge is 2.42. The van der Waals surface area contributed by atoms with E-state index in [1.807, 2.05) is 75.4 Å². The molecule has 3 N–H and O–H groups in total. The molecule has 0 radical (unpaired) electrons. The number of nitrogens with one attached hydrogen (secondary N) is 1. The average Bonchev–Trinajstić information content (AvgIpc) is 3.36. The molecule has 220 valence electrons. The summed E-state index contributed by atoms with van der Waals surface area (Å²) < 4.78 is 26.0. The van der Waals surface area contributed by atoms with Crippen molar-refractivity contribution in [1.82, 2.24) is 19.9 Å². The number of carbonyl (C=O) groups is 1. The second-order valence-corrected chi connectivity index (χ2v) is 12.0. The lowest BCUT2D eigenvalue weighted by Crippen LogP contribution is -2.54. The van der Waals surface area contributed by atoms with Crippen LogP contribution in [0, 0.1) is 0 Å². The van der Waals surface area contributed by atoms with Crippen LogP contribution in [0.25, 0.3) is 22.2 Å². The average molecular weight is 572 g/mol. The van der Waals surface area contributed by atoms with E-state index in [1.54, 1.807) is 0 Å². The molecule has 4 aromatic rings. The summed E-state index contributed by atoms with van der Waals surface area (Å²) in [6.07, 6.45) is 6.35. The molecule has 2 aliphatic rings. The third-order valence-corrected chi connectivity index (χ3v) is 7.71. The Kier molecular flexibility index (Phi) is 7.51. The molecule has 42 heavy (non-hydrogen) atoms. The fraction of sp³-hybridized carbons (Fsp3) is 0.406. The summed E-state index contributed by atoms with van der Waals surface area (Å²) in [6.45, 7) is 6.28. The highest BCUT2D eigenvalue weighted by molar-refractivity contribution is 6.00. The number of carbonyl (C=O) groups excluding carboxylic acids is 1. The zero-order valence-electron chi connectivity index (χ0n) is 24.2. The number of benzene rings is 2. The Morgan fingerprint density at radius 3 is 2.33 bits per heavy atom. The molecule has 2 aromatic heterocycles. The van der Waals surface area contributed by atoms with Crippen LogP contribution in [-0.2, 0) is 14.2 Å². The van der Waals surface area contributed by atoms with E-state index in [2.05, 4.69) is 26.0 Å². The lowest BCUT2D eigenvalue weighted by molar-refractivity contribution is -0.288. The Morgan fingerprint density at radius 2 is 1.67 bits per heavy atom. The van der Waals surface area contributed by atoms with Gasteiger partial charge in [-0.2, -0.15) is 0 Å². The second kappa shape index (κ2) is 11.3. The minimum absolute atomic E-state index is 0.201. The van der Waals surface area contributed by atoms with Crippen molar-refractivity contribution in [3.05, 3.63) is 67.1 Å². The van der Waals surface area contributed by atoms with E-state index in [0.717, 1.165) is 59.3 Å². The summed E-state index contributed by atoms with van der Waals surface area (Å²) >= 11 is 0. The van der Waals surface area contributed by atoms with Gasteiger partial charge in [-0.25, -0.2) is 14.8 Å². The van der Waals surface area contributed by atoms with Crippen molar-refractivity contribution in [3.8, 4) is 22.6 Å². The predicted octanol–water partition coefficient (Wildman–Crippen LogP) is 6.22. The molecule has 1 saturated carbocycles. The molecule has 2 fully saturated rings. The standard InChI is InChI=1S/C32H37N5O5/c1-31(2,3)42-30(38)36-22-18-39-32(40-19-22)15-13-23(14-16-32)37-17-26(27-28(33)34-20-35-29(27)37)21-9-11-25(12-10-21)41-24-7-5-4-6-8-24/h4-12,17,20,22-23H,13-16,18-19H2,1-3H3,(H,36,38)(H2,33,34,35). The molecule has 0 atom stereocenters. The summed E-state index contributed by atoms with van der Waals surface area (Å²) in [4.78, 5) is 21.1. The monoisotopic (exact) mass is 571 g/mol. The highest BCUT2D eigenvalue weighted by Crippen LogP contribution is 2.43. The molecule has 0 bridgehead atoms. The van der Waals surface area contributed by atoms with Crippen LogP contribution < -0.4 is 15.8 Å². The maximum Gasteiger partial charge on any atom is 0.408 e. The largest absolute Gasteiger partial charge is 0.457 e. The number of aromatic nitrogens is 3. The molecule has 1 aliphatic heterocycles. The maximum atomic E-state index is 12.1. The SMILES string of the molecule is CC(C)(C)OC(=O)NC1COC2(CCC(n3cc(-c4ccc(Oc5ccccc5)cc4)c4c(N)ncnc43)CC2)OC1. The first-order chi connectivity index (χ1) is 20.2. The Labute approximate surface area is 245 Å². The van der Waals surface area contributed by atoms with Crippen LogP contribution in [0.2, 0.25) is 0 Å². The third kappa shape index (κ3) is 6.05. The topological polar surface area (TPSA) is 123 Å². The predicted molar refractivity (Wildman–Crippen MR) is 159 cm³/mol. The summed E-state index contributed by atoms with van der Waals surface area (Å²) in [6, 6.07) is 17.6. The number of alkyl carbamates (subject to hydrolysis) is 1. The van der Waals surface area contributed by atoms with Crippen LogP contribution in [0.15, 0.2) is 67.1 Å². The Bertz CT molecular complexity index is 1530. The van der Waals surface area contributed by atoms with E-state index >= 15 is 0 Å². The van der Waals surface area contributed by atoms with Crippen molar-refractivity contribution in [2.75, 3.05) is 18.9 Å². The molecule has 1 saturated heterocycles. The van der Waals surface area contributed by atoms with Gasteiger partial charge in [0.2, 0.25) is 0 Å². The van der Waals surface area contributed by atoms with Gasteiger partial charge in [-0.1, -0.05) is 30.3 Å². The van der Waals surface area contributed by atoms with Gasteiger partial charge >= 0.3 is 6.09 Å². The van der Waals surface area contributed by atoms with Gasteiger partial charge in [-0.3, -0.25) is 0 Å². The fourth-order valence-electron chi connectivity index (χ4n) is 5.69. The quantitative estimate of drug-likeness (QED) is 0.289. The van der Waals surface area contributed by atoms with E-state index < -0.39 is 17.5 Å².